The molecule has 0 aromatic heterocycles. The van der Waals surface area contributed by atoms with Gasteiger partial charge in [-0.1, -0.05) is 32.7 Å². The van der Waals surface area contributed by atoms with Crippen molar-refractivity contribution in [1.29, 1.82) is 0 Å². The van der Waals surface area contributed by atoms with Gasteiger partial charge < -0.3 is 0 Å². The Morgan fingerprint density at radius 1 is 1.04 bits per heavy atom. The van der Waals surface area contributed by atoms with Gasteiger partial charge in [0.05, 0.1) is 0 Å². The van der Waals surface area contributed by atoms with Crippen LogP contribution >= 0.6 is 11.9 Å². The molecule has 28 heavy (non-hydrogen) atoms. The van der Waals surface area contributed by atoms with Gasteiger partial charge in [-0.15, -0.1) is 0 Å². The van der Waals surface area contributed by atoms with Crippen LogP contribution in [0, 0.1) is 51.8 Å². The van der Waals surface area contributed by atoms with E-state index in [0.717, 1.165) is 6.42 Å². The van der Waals surface area contributed by atoms with Crippen LogP contribution in [0.5, 0.6) is 0 Å². The fourth-order valence-electron chi connectivity index (χ4n) is 4.55. The van der Waals surface area contributed by atoms with E-state index in [1.807, 2.05) is 13.8 Å². The first kappa shape index (κ1) is 21.5. The standard InChI is InChI=1S/C17H18F5NO3S2/c1-7-4-8-5-9(24)16(2,17(7,8)3)6-27-23-28(25,26)15-13(21)11(19)10(18)12(20)14(15)22/h7-8,23H,4-6H2,1-3H3. The van der Waals surface area contributed by atoms with Gasteiger partial charge in [0, 0.05) is 17.6 Å². The normalized spacial score (nSPS) is 32.4. The summed E-state index contributed by atoms with van der Waals surface area (Å²) in [6.07, 6.45) is 1.26. The SMILES string of the molecule is CC1CC2CC(=O)C(C)(CSNS(=O)(=O)c3c(F)c(F)c(F)c(F)c3F)C12C. The third-order valence-corrected chi connectivity index (χ3v) is 9.68. The van der Waals surface area contributed by atoms with Crippen LogP contribution in [0.3, 0.4) is 0 Å². The third kappa shape index (κ3) is 2.72. The number of sulfonamides is 1. The molecule has 2 aliphatic carbocycles. The second kappa shape index (κ2) is 6.66. The van der Waals surface area contributed by atoms with Crippen LogP contribution in [-0.2, 0) is 14.8 Å². The minimum Gasteiger partial charge on any atom is -0.299 e. The molecule has 4 unspecified atom stereocenters. The largest absolute Gasteiger partial charge is 0.299 e. The number of rotatable bonds is 5. The van der Waals surface area contributed by atoms with Crippen molar-refractivity contribution in [1.82, 2.24) is 4.13 Å². The Morgan fingerprint density at radius 2 is 1.54 bits per heavy atom. The third-order valence-electron chi connectivity index (χ3n) is 6.71. The molecule has 0 saturated heterocycles. The molecule has 3 rings (SSSR count). The number of carbonyl (C=O) groups excluding carboxylic acids is 1. The summed E-state index contributed by atoms with van der Waals surface area (Å²) in [5, 5.41) is 0. The molecule has 0 spiro atoms. The Balaban J connectivity index is 1.83. The maximum Gasteiger partial charge on any atom is 0.255 e. The molecule has 11 heteroatoms. The first-order chi connectivity index (χ1) is 12.8. The van der Waals surface area contributed by atoms with E-state index in [1.54, 1.807) is 11.1 Å². The summed E-state index contributed by atoms with van der Waals surface area (Å²) in [5.74, 6) is -11.6. The Labute approximate surface area is 163 Å². The van der Waals surface area contributed by atoms with Gasteiger partial charge in [0.2, 0.25) is 5.82 Å². The van der Waals surface area contributed by atoms with E-state index in [0.29, 0.717) is 18.4 Å². The summed E-state index contributed by atoms with van der Waals surface area (Å²) < 4.78 is 93.5. The molecule has 2 saturated carbocycles. The minimum atomic E-state index is -5.06. The van der Waals surface area contributed by atoms with Gasteiger partial charge in [-0.25, -0.2) is 30.4 Å². The van der Waals surface area contributed by atoms with Crippen LogP contribution in [0.2, 0.25) is 0 Å². The smallest absolute Gasteiger partial charge is 0.255 e. The first-order valence-corrected chi connectivity index (χ1v) is 10.9. The lowest BCUT2D eigenvalue weighted by Crippen LogP contribution is -2.53. The Hall–Kier alpha value is -1.20. The van der Waals surface area contributed by atoms with Crippen molar-refractivity contribution in [3.05, 3.63) is 29.1 Å². The molecule has 0 radical (unpaired) electrons. The number of benzene rings is 1. The van der Waals surface area contributed by atoms with Crippen LogP contribution in [0.4, 0.5) is 22.0 Å². The second-order valence-electron chi connectivity index (χ2n) is 7.85. The molecule has 0 amide bonds. The number of fused-ring (bicyclic) bond motifs is 1. The Bertz CT molecular complexity index is 941. The average molecular weight is 443 g/mol. The van der Waals surface area contributed by atoms with Crippen LogP contribution < -0.4 is 4.13 Å². The number of ketones is 1. The molecule has 4 nitrogen and oxygen atoms in total. The van der Waals surface area contributed by atoms with Crippen molar-refractivity contribution in [2.45, 2.75) is 38.5 Å². The van der Waals surface area contributed by atoms with Crippen LogP contribution in [-0.4, -0.2) is 20.0 Å². The monoisotopic (exact) mass is 443 g/mol. The van der Waals surface area contributed by atoms with Gasteiger partial charge >= 0.3 is 0 Å². The van der Waals surface area contributed by atoms with Gasteiger partial charge in [0.15, 0.2) is 28.2 Å². The lowest BCUT2D eigenvalue weighted by Gasteiger charge is -2.56. The lowest BCUT2D eigenvalue weighted by atomic mass is 9.49. The molecule has 0 bridgehead atoms. The molecule has 4 atom stereocenters. The number of Topliss-reactive ketones (excluding diaryl/α,β-unsaturated/α-hetero) is 1. The highest BCUT2D eigenvalue weighted by Gasteiger charge is 2.67. The number of hydrogen-bond acceptors (Lipinski definition) is 4. The predicted octanol–water partition coefficient (Wildman–Crippen LogP) is 3.95. The maximum absolute atomic E-state index is 13.8. The zero-order chi connectivity index (χ0) is 21.2. The zero-order valence-electron chi connectivity index (χ0n) is 15.2. The summed E-state index contributed by atoms with van der Waals surface area (Å²) in [5.41, 5.74) is -1.22. The second-order valence-corrected chi connectivity index (χ2v) is 10.5. The van der Waals surface area contributed by atoms with Crippen molar-refractivity contribution >= 4 is 27.8 Å². The molecule has 0 heterocycles. The molecule has 0 aliphatic heterocycles. The number of halogens is 5. The van der Waals surface area contributed by atoms with Gasteiger partial charge in [-0.05, 0) is 23.7 Å². The average Bonchev–Trinajstić information content (AvgIpc) is 2.76. The Morgan fingerprint density at radius 3 is 2.04 bits per heavy atom. The van der Waals surface area contributed by atoms with Crippen molar-refractivity contribution in [2.24, 2.45) is 22.7 Å². The highest BCUT2D eigenvalue weighted by molar-refractivity contribution is 8.09. The van der Waals surface area contributed by atoms with Gasteiger partial charge in [0.1, 0.15) is 5.78 Å². The molecular formula is C17H18F5NO3S2. The number of nitrogens with one attached hydrogen (secondary N) is 1. The summed E-state index contributed by atoms with van der Waals surface area (Å²) in [6, 6.07) is 0. The van der Waals surface area contributed by atoms with Crippen molar-refractivity contribution in [2.75, 3.05) is 5.75 Å². The van der Waals surface area contributed by atoms with Gasteiger partial charge in [-0.3, -0.25) is 4.79 Å². The lowest BCUT2D eigenvalue weighted by molar-refractivity contribution is -0.132. The summed E-state index contributed by atoms with van der Waals surface area (Å²) in [6.45, 7) is 5.66. The molecular weight excluding hydrogens is 425 g/mol. The van der Waals surface area contributed by atoms with Crippen LogP contribution in [0.15, 0.2) is 4.90 Å². The number of carbonyl (C=O) groups is 1. The fraction of sp³-hybridized carbons (Fsp3) is 0.588. The molecule has 156 valence electrons. The van der Waals surface area contributed by atoms with E-state index < -0.39 is 49.4 Å². The van der Waals surface area contributed by atoms with E-state index in [-0.39, 0.29) is 28.8 Å². The fourth-order valence-corrected chi connectivity index (χ4v) is 7.15. The van der Waals surface area contributed by atoms with E-state index in [4.69, 9.17) is 0 Å². The zero-order valence-corrected chi connectivity index (χ0v) is 16.8. The van der Waals surface area contributed by atoms with Crippen LogP contribution in [0.1, 0.15) is 33.6 Å². The van der Waals surface area contributed by atoms with E-state index in [2.05, 4.69) is 0 Å². The highest BCUT2D eigenvalue weighted by Crippen LogP contribution is 2.68. The van der Waals surface area contributed by atoms with Crippen molar-refractivity contribution in [3.8, 4) is 0 Å². The first-order valence-electron chi connectivity index (χ1n) is 8.47. The summed E-state index contributed by atoms with van der Waals surface area (Å²) >= 11 is 0.498. The molecule has 1 N–H and O–H groups in total. The minimum absolute atomic E-state index is 0.0300. The summed E-state index contributed by atoms with van der Waals surface area (Å²) in [7, 11) is -5.06. The molecule has 1 aromatic carbocycles. The molecule has 2 fully saturated rings. The van der Waals surface area contributed by atoms with Crippen molar-refractivity contribution in [3.63, 3.8) is 0 Å². The molecule has 1 aromatic rings. The van der Waals surface area contributed by atoms with E-state index in [9.17, 15) is 35.2 Å². The molecule has 2 aliphatic rings. The quantitative estimate of drug-likeness (QED) is 0.324. The topological polar surface area (TPSA) is 63.2 Å². The highest BCUT2D eigenvalue weighted by atomic mass is 32.3. The van der Waals surface area contributed by atoms with Crippen LogP contribution in [0.25, 0.3) is 0 Å². The van der Waals surface area contributed by atoms with Gasteiger partial charge in [-0.2, -0.15) is 4.13 Å². The Kier molecular flexibility index (Phi) is 5.12. The van der Waals surface area contributed by atoms with E-state index in [1.165, 1.54) is 0 Å². The maximum atomic E-state index is 13.8. The number of hydrogen-bond donors (Lipinski definition) is 1. The van der Waals surface area contributed by atoms with Crippen molar-refractivity contribution < 1.29 is 35.2 Å². The van der Waals surface area contributed by atoms with E-state index >= 15 is 0 Å². The predicted molar refractivity (Wildman–Crippen MR) is 92.1 cm³/mol. The summed E-state index contributed by atoms with van der Waals surface area (Å²) in [4.78, 5) is 10.6. The van der Waals surface area contributed by atoms with Gasteiger partial charge in [0.25, 0.3) is 10.0 Å².